The van der Waals surface area contributed by atoms with Crippen LogP contribution >= 0.6 is 15.9 Å². The van der Waals surface area contributed by atoms with Gasteiger partial charge in [-0.3, -0.25) is 4.79 Å². The number of carbonyl (C=O) groups excluding carboxylic acids is 1. The Hall–Kier alpha value is -1.82. The number of nitrogens with zero attached hydrogens (tertiary/aromatic N) is 1. The van der Waals surface area contributed by atoms with Crippen LogP contribution in [0, 0.1) is 5.92 Å². The van der Waals surface area contributed by atoms with Gasteiger partial charge in [-0.15, -0.1) is 0 Å². The van der Waals surface area contributed by atoms with Crippen LogP contribution in [0.1, 0.15) is 18.4 Å². The molecule has 0 aromatic heterocycles. The first-order valence-corrected chi connectivity index (χ1v) is 7.51. The highest BCUT2D eigenvalue weighted by Crippen LogP contribution is 2.28. The first-order chi connectivity index (χ1) is 9.97. The third kappa shape index (κ3) is 4.07. The second-order valence-corrected chi connectivity index (χ2v) is 5.90. The molecule has 0 atom stereocenters. The molecule has 2 rings (SSSR count). The van der Waals surface area contributed by atoms with Gasteiger partial charge in [-0.2, -0.15) is 0 Å². The highest BCUT2D eigenvalue weighted by Gasteiger charge is 2.23. The number of carboxylic acids is 1. The molecule has 1 amide bonds. The number of anilines is 1. The quantitative estimate of drug-likeness (QED) is 0.814. The van der Waals surface area contributed by atoms with Crippen LogP contribution in [0.5, 0.6) is 0 Å². The lowest BCUT2D eigenvalue weighted by atomic mass is 9.96. The molecule has 112 valence electrons. The van der Waals surface area contributed by atoms with Crippen LogP contribution in [-0.4, -0.2) is 30.1 Å². The maximum atomic E-state index is 11.2. The lowest BCUT2D eigenvalue weighted by Gasteiger charge is -2.32. The van der Waals surface area contributed by atoms with Crippen molar-refractivity contribution in [3.63, 3.8) is 0 Å². The van der Waals surface area contributed by atoms with E-state index in [1.165, 1.54) is 0 Å². The summed E-state index contributed by atoms with van der Waals surface area (Å²) < 4.78 is 0.842. The Bertz CT molecular complexity index is 578. The zero-order valence-electron chi connectivity index (χ0n) is 11.5. The van der Waals surface area contributed by atoms with E-state index in [0.29, 0.717) is 0 Å². The smallest absolute Gasteiger partial charge is 0.328 e. The molecule has 0 radical (unpaired) electrons. The van der Waals surface area contributed by atoms with E-state index in [0.717, 1.165) is 47.7 Å². The molecule has 1 aromatic carbocycles. The summed E-state index contributed by atoms with van der Waals surface area (Å²) in [6.45, 7) is 1.59. The molecule has 1 saturated heterocycles. The van der Waals surface area contributed by atoms with Crippen LogP contribution in [0.3, 0.4) is 0 Å². The number of carbonyl (C=O) groups is 2. The van der Waals surface area contributed by atoms with Crippen molar-refractivity contribution in [3.05, 3.63) is 34.3 Å². The number of primary amides is 1. The molecular formula is C15H17BrN2O3. The average molecular weight is 353 g/mol. The lowest BCUT2D eigenvalue weighted by Crippen LogP contribution is -2.38. The molecule has 0 bridgehead atoms. The van der Waals surface area contributed by atoms with E-state index < -0.39 is 5.97 Å². The lowest BCUT2D eigenvalue weighted by molar-refractivity contribution is -0.131. The maximum Gasteiger partial charge on any atom is 0.328 e. The molecule has 0 unspecified atom stereocenters. The fraction of sp³-hybridized carbons (Fsp3) is 0.333. The van der Waals surface area contributed by atoms with Gasteiger partial charge in [0.1, 0.15) is 0 Å². The van der Waals surface area contributed by atoms with Gasteiger partial charge in [-0.25, -0.2) is 4.79 Å². The Kier molecular flexibility index (Phi) is 5.01. The van der Waals surface area contributed by atoms with Crippen molar-refractivity contribution >= 4 is 39.6 Å². The zero-order chi connectivity index (χ0) is 15.4. The molecule has 1 aliphatic heterocycles. The Morgan fingerprint density at radius 2 is 2.00 bits per heavy atom. The van der Waals surface area contributed by atoms with Gasteiger partial charge in [-0.1, -0.05) is 22.0 Å². The number of amides is 1. The van der Waals surface area contributed by atoms with Crippen molar-refractivity contribution in [2.45, 2.75) is 12.8 Å². The molecule has 5 nitrogen and oxygen atoms in total. The van der Waals surface area contributed by atoms with Gasteiger partial charge in [0.25, 0.3) is 0 Å². The molecule has 1 heterocycles. The van der Waals surface area contributed by atoms with Crippen LogP contribution in [0.15, 0.2) is 28.7 Å². The van der Waals surface area contributed by atoms with Crippen LogP contribution < -0.4 is 10.6 Å². The largest absolute Gasteiger partial charge is 0.478 e. The molecule has 0 aliphatic carbocycles. The number of hydrogen-bond donors (Lipinski definition) is 2. The van der Waals surface area contributed by atoms with E-state index in [9.17, 15) is 9.59 Å². The summed E-state index contributed by atoms with van der Waals surface area (Å²) in [5, 5.41) is 8.65. The third-order valence-corrected chi connectivity index (χ3v) is 4.34. The summed E-state index contributed by atoms with van der Waals surface area (Å²) in [7, 11) is 0. The first kappa shape index (κ1) is 15.6. The second kappa shape index (κ2) is 6.76. The average Bonchev–Trinajstić information content (AvgIpc) is 2.46. The van der Waals surface area contributed by atoms with Crippen LogP contribution in [0.25, 0.3) is 6.08 Å². The zero-order valence-corrected chi connectivity index (χ0v) is 13.0. The molecule has 6 heteroatoms. The number of rotatable bonds is 4. The van der Waals surface area contributed by atoms with Crippen molar-refractivity contribution in [2.24, 2.45) is 11.7 Å². The predicted octanol–water partition coefficient (Wildman–Crippen LogP) is 2.25. The molecule has 1 fully saturated rings. The minimum absolute atomic E-state index is 0.0255. The van der Waals surface area contributed by atoms with E-state index in [2.05, 4.69) is 20.8 Å². The summed E-state index contributed by atoms with van der Waals surface area (Å²) in [6, 6.07) is 5.79. The number of carboxylic acid groups (broad SMARTS) is 1. The number of aliphatic carboxylic acids is 1. The van der Waals surface area contributed by atoms with Gasteiger partial charge in [0.05, 0.1) is 0 Å². The van der Waals surface area contributed by atoms with Gasteiger partial charge in [0.15, 0.2) is 0 Å². The minimum atomic E-state index is -0.973. The number of benzene rings is 1. The van der Waals surface area contributed by atoms with Gasteiger partial charge in [0.2, 0.25) is 5.91 Å². The summed E-state index contributed by atoms with van der Waals surface area (Å²) >= 11 is 3.45. The molecule has 21 heavy (non-hydrogen) atoms. The monoisotopic (exact) mass is 352 g/mol. The fourth-order valence-electron chi connectivity index (χ4n) is 2.43. The normalized spacial score (nSPS) is 16.3. The van der Waals surface area contributed by atoms with Crippen molar-refractivity contribution < 1.29 is 14.7 Å². The molecule has 1 aliphatic rings. The SMILES string of the molecule is NC(=O)C1CCN(c2ccc(/C=C/C(=O)O)c(Br)c2)CC1. The first-order valence-electron chi connectivity index (χ1n) is 6.72. The number of nitrogens with two attached hydrogens (primary N) is 1. The van der Waals surface area contributed by atoms with Crippen LogP contribution in [0.2, 0.25) is 0 Å². The highest BCUT2D eigenvalue weighted by molar-refractivity contribution is 9.10. The Labute approximate surface area is 131 Å². The molecule has 1 aromatic rings. The van der Waals surface area contributed by atoms with E-state index in [1.54, 1.807) is 6.08 Å². The predicted molar refractivity (Wildman–Crippen MR) is 84.9 cm³/mol. The summed E-state index contributed by atoms with van der Waals surface area (Å²) in [5.41, 5.74) is 7.20. The Morgan fingerprint density at radius 3 is 2.52 bits per heavy atom. The third-order valence-electron chi connectivity index (χ3n) is 3.65. The standard InChI is InChI=1S/C15H17BrN2O3/c16-13-9-12(3-1-10(13)2-4-14(19)20)18-7-5-11(6-8-18)15(17)21/h1-4,9,11H,5-8H2,(H2,17,21)(H,19,20)/b4-2+. The fourth-order valence-corrected chi connectivity index (χ4v) is 2.93. The summed E-state index contributed by atoms with van der Waals surface area (Å²) in [5.74, 6) is -1.22. The molecule has 0 saturated carbocycles. The van der Waals surface area contributed by atoms with E-state index in [1.807, 2.05) is 18.2 Å². The minimum Gasteiger partial charge on any atom is -0.478 e. The maximum absolute atomic E-state index is 11.2. The number of hydrogen-bond acceptors (Lipinski definition) is 3. The molecule has 0 spiro atoms. The van der Waals surface area contributed by atoms with Crippen molar-refractivity contribution in [3.8, 4) is 0 Å². The van der Waals surface area contributed by atoms with E-state index in [-0.39, 0.29) is 11.8 Å². The summed E-state index contributed by atoms with van der Waals surface area (Å²) in [4.78, 5) is 23.9. The van der Waals surface area contributed by atoms with Gasteiger partial charge >= 0.3 is 5.97 Å². The van der Waals surface area contributed by atoms with Gasteiger partial charge in [-0.05, 0) is 36.6 Å². The van der Waals surface area contributed by atoms with Crippen molar-refractivity contribution in [2.75, 3.05) is 18.0 Å². The van der Waals surface area contributed by atoms with Crippen LogP contribution in [0.4, 0.5) is 5.69 Å². The number of halogens is 1. The number of piperidine rings is 1. The summed E-state index contributed by atoms with van der Waals surface area (Å²) in [6.07, 6.45) is 4.20. The molecule has 3 N–H and O–H groups in total. The van der Waals surface area contributed by atoms with Gasteiger partial charge < -0.3 is 15.7 Å². The van der Waals surface area contributed by atoms with E-state index in [4.69, 9.17) is 10.8 Å². The van der Waals surface area contributed by atoms with E-state index >= 15 is 0 Å². The highest BCUT2D eigenvalue weighted by atomic mass is 79.9. The Morgan fingerprint density at radius 1 is 1.33 bits per heavy atom. The Balaban J connectivity index is 2.07. The van der Waals surface area contributed by atoms with Crippen molar-refractivity contribution in [1.29, 1.82) is 0 Å². The molecular weight excluding hydrogens is 336 g/mol. The topological polar surface area (TPSA) is 83.6 Å². The second-order valence-electron chi connectivity index (χ2n) is 5.04. The van der Waals surface area contributed by atoms with Crippen LogP contribution in [-0.2, 0) is 9.59 Å². The van der Waals surface area contributed by atoms with Gasteiger partial charge in [0, 0.05) is 35.2 Å². The van der Waals surface area contributed by atoms with Crippen molar-refractivity contribution in [1.82, 2.24) is 0 Å².